The van der Waals surface area contributed by atoms with Crippen molar-refractivity contribution < 1.29 is 19.3 Å². The van der Waals surface area contributed by atoms with Crippen molar-refractivity contribution in [1.29, 1.82) is 0 Å². The summed E-state index contributed by atoms with van der Waals surface area (Å²) in [5, 5.41) is 16.2. The molecule has 2 rings (SSSR count). The van der Waals surface area contributed by atoms with E-state index in [4.69, 9.17) is 9.47 Å². The lowest BCUT2D eigenvalue weighted by Gasteiger charge is -2.39. The number of ether oxygens (including phenoxy) is 2. The van der Waals surface area contributed by atoms with Crippen molar-refractivity contribution in [2.24, 2.45) is 5.10 Å². The summed E-state index contributed by atoms with van der Waals surface area (Å²) >= 11 is 0. The zero-order chi connectivity index (χ0) is 16.1. The molecule has 2 unspecified atom stereocenters. The fourth-order valence-electron chi connectivity index (χ4n) is 2.55. The van der Waals surface area contributed by atoms with E-state index in [0.29, 0.717) is 19.8 Å². The minimum Gasteiger partial charge on any atom is -0.468 e. The van der Waals surface area contributed by atoms with Crippen LogP contribution in [0.2, 0.25) is 0 Å². The third-order valence-corrected chi connectivity index (χ3v) is 3.81. The number of hydrogen-bond acceptors (Lipinski definition) is 6. The van der Waals surface area contributed by atoms with E-state index >= 15 is 0 Å². The minimum absolute atomic E-state index is 0.0205. The molecule has 0 amide bonds. The summed E-state index contributed by atoms with van der Waals surface area (Å²) in [6, 6.07) is -0.457. The monoisotopic (exact) mass is 315 g/mol. The highest BCUT2D eigenvalue weighted by Gasteiger charge is 2.32. The molecule has 2 atom stereocenters. The SMILES string of the molecule is COC(=O)C(C)N1CN/C(=N\[N+](=O)[O-])N(CC2CCCO2)C1. The lowest BCUT2D eigenvalue weighted by molar-refractivity contribution is -0.486. The molecule has 22 heavy (non-hydrogen) atoms. The van der Waals surface area contributed by atoms with Crippen LogP contribution in [0.1, 0.15) is 19.8 Å². The first kappa shape index (κ1) is 16.4. The molecule has 0 bridgehead atoms. The van der Waals surface area contributed by atoms with Crippen molar-refractivity contribution >= 4 is 11.9 Å². The number of nitrogens with zero attached hydrogens (tertiary/aromatic N) is 4. The molecule has 2 heterocycles. The van der Waals surface area contributed by atoms with Crippen molar-refractivity contribution in [2.75, 3.05) is 33.6 Å². The zero-order valence-corrected chi connectivity index (χ0v) is 12.7. The Balaban J connectivity index is 2.06. The Kier molecular flexibility index (Phi) is 5.50. The number of carbonyl (C=O) groups is 1. The highest BCUT2D eigenvalue weighted by Crippen LogP contribution is 2.16. The fourth-order valence-corrected chi connectivity index (χ4v) is 2.55. The smallest absolute Gasteiger partial charge is 0.322 e. The molecule has 0 aliphatic carbocycles. The van der Waals surface area contributed by atoms with Crippen LogP contribution in [-0.4, -0.2) is 72.5 Å². The van der Waals surface area contributed by atoms with E-state index in [1.54, 1.807) is 11.8 Å². The Hall–Kier alpha value is -1.94. The van der Waals surface area contributed by atoms with Crippen molar-refractivity contribution in [1.82, 2.24) is 15.1 Å². The molecule has 0 aromatic heterocycles. The van der Waals surface area contributed by atoms with Gasteiger partial charge < -0.3 is 19.7 Å². The number of nitrogens with one attached hydrogen (secondary N) is 1. The lowest BCUT2D eigenvalue weighted by Crippen LogP contribution is -2.61. The molecule has 2 aliphatic heterocycles. The van der Waals surface area contributed by atoms with Gasteiger partial charge in [0.15, 0.2) is 5.03 Å². The maximum atomic E-state index is 11.6. The van der Waals surface area contributed by atoms with Gasteiger partial charge in [0.05, 0.1) is 26.6 Å². The Morgan fingerprint density at radius 2 is 2.45 bits per heavy atom. The summed E-state index contributed by atoms with van der Waals surface area (Å²) in [5.74, 6) is -0.164. The van der Waals surface area contributed by atoms with Crippen molar-refractivity contribution in [3.63, 3.8) is 0 Å². The molecule has 0 aromatic rings. The normalized spacial score (nSPS) is 25.8. The Bertz CT molecular complexity index is 451. The van der Waals surface area contributed by atoms with Crippen LogP contribution < -0.4 is 5.32 Å². The van der Waals surface area contributed by atoms with Crippen LogP contribution in [0.25, 0.3) is 0 Å². The van der Waals surface area contributed by atoms with Gasteiger partial charge in [0.1, 0.15) is 11.1 Å². The summed E-state index contributed by atoms with van der Waals surface area (Å²) in [6.07, 6.45) is 1.91. The van der Waals surface area contributed by atoms with Gasteiger partial charge >= 0.3 is 5.97 Å². The van der Waals surface area contributed by atoms with E-state index in [1.165, 1.54) is 7.11 Å². The van der Waals surface area contributed by atoms with Crippen LogP contribution in [0.3, 0.4) is 0 Å². The van der Waals surface area contributed by atoms with Gasteiger partial charge in [-0.1, -0.05) is 0 Å². The fraction of sp³-hybridized carbons (Fsp3) is 0.833. The van der Waals surface area contributed by atoms with Gasteiger partial charge in [-0.15, -0.1) is 0 Å². The topological polar surface area (TPSA) is 110 Å². The van der Waals surface area contributed by atoms with E-state index in [9.17, 15) is 14.9 Å². The van der Waals surface area contributed by atoms with Crippen molar-refractivity contribution in [2.45, 2.75) is 31.9 Å². The second-order valence-corrected chi connectivity index (χ2v) is 5.28. The van der Waals surface area contributed by atoms with Crippen molar-refractivity contribution in [3.8, 4) is 0 Å². The summed E-state index contributed by atoms with van der Waals surface area (Å²) in [5.41, 5.74) is 0. The third kappa shape index (κ3) is 4.04. The molecule has 0 aromatic carbocycles. The molecule has 10 nitrogen and oxygen atoms in total. The van der Waals surface area contributed by atoms with Gasteiger partial charge in [0, 0.05) is 13.2 Å². The highest BCUT2D eigenvalue weighted by atomic mass is 16.7. The molecular weight excluding hydrogens is 294 g/mol. The first-order valence-corrected chi connectivity index (χ1v) is 7.16. The van der Waals surface area contributed by atoms with E-state index < -0.39 is 11.1 Å². The number of nitro groups is 1. The van der Waals surface area contributed by atoms with Crippen LogP contribution >= 0.6 is 0 Å². The molecule has 0 saturated carbocycles. The molecular formula is C12H21N5O5. The highest BCUT2D eigenvalue weighted by molar-refractivity contribution is 5.80. The molecule has 2 aliphatic rings. The van der Waals surface area contributed by atoms with Crippen molar-refractivity contribution in [3.05, 3.63) is 10.1 Å². The molecule has 0 spiro atoms. The zero-order valence-electron chi connectivity index (χ0n) is 12.7. The largest absolute Gasteiger partial charge is 0.468 e. The first-order valence-electron chi connectivity index (χ1n) is 7.16. The number of carbonyl (C=O) groups excluding carboxylic acids is 1. The van der Waals surface area contributed by atoms with E-state index in [0.717, 1.165) is 12.8 Å². The molecule has 124 valence electrons. The molecule has 2 saturated heterocycles. The standard InChI is InChI=1S/C12H21N5O5/c1-9(11(18)21-2)16-7-13-12(14-17(19)20)15(8-16)6-10-4-3-5-22-10/h9-10H,3-8H2,1-2H3,(H,13,14). The predicted octanol–water partition coefficient (Wildman–Crippen LogP) is -0.603. The van der Waals surface area contributed by atoms with Crippen LogP contribution in [-0.2, 0) is 14.3 Å². The van der Waals surface area contributed by atoms with Gasteiger partial charge in [-0.3, -0.25) is 9.69 Å². The minimum atomic E-state index is -0.732. The van der Waals surface area contributed by atoms with E-state index in [1.807, 2.05) is 4.90 Å². The number of rotatable bonds is 5. The van der Waals surface area contributed by atoms with E-state index in [-0.39, 0.29) is 24.7 Å². The maximum Gasteiger partial charge on any atom is 0.322 e. The van der Waals surface area contributed by atoms with Crippen LogP contribution in [0.4, 0.5) is 0 Å². The van der Waals surface area contributed by atoms with Crippen LogP contribution in [0.5, 0.6) is 0 Å². The summed E-state index contributed by atoms with van der Waals surface area (Å²) < 4.78 is 10.3. The molecule has 0 radical (unpaired) electrons. The number of hydrazone groups is 1. The second-order valence-electron chi connectivity index (χ2n) is 5.28. The van der Waals surface area contributed by atoms with Gasteiger partial charge in [0.25, 0.3) is 5.96 Å². The van der Waals surface area contributed by atoms with Crippen LogP contribution in [0.15, 0.2) is 5.10 Å². The lowest BCUT2D eigenvalue weighted by atomic mass is 10.2. The number of guanidine groups is 1. The molecule has 2 fully saturated rings. The van der Waals surface area contributed by atoms with Gasteiger partial charge in [0.2, 0.25) is 0 Å². The Labute approximate surface area is 128 Å². The third-order valence-electron chi connectivity index (χ3n) is 3.81. The Morgan fingerprint density at radius 3 is 3.05 bits per heavy atom. The average molecular weight is 315 g/mol. The average Bonchev–Trinajstić information content (AvgIpc) is 3.00. The molecule has 10 heteroatoms. The van der Waals surface area contributed by atoms with Gasteiger partial charge in [-0.2, -0.15) is 0 Å². The number of esters is 1. The molecule has 1 N–H and O–H groups in total. The van der Waals surface area contributed by atoms with Crippen LogP contribution in [0, 0.1) is 10.1 Å². The summed E-state index contributed by atoms with van der Waals surface area (Å²) in [6.45, 7) is 3.55. The predicted molar refractivity (Wildman–Crippen MR) is 76.3 cm³/mol. The Morgan fingerprint density at radius 1 is 1.68 bits per heavy atom. The van der Waals surface area contributed by atoms with Gasteiger partial charge in [-0.05, 0) is 19.8 Å². The maximum absolute atomic E-state index is 11.6. The first-order chi connectivity index (χ1) is 10.5. The second kappa shape index (κ2) is 7.36. The number of hydrogen-bond donors (Lipinski definition) is 1. The van der Waals surface area contributed by atoms with Gasteiger partial charge in [-0.25, -0.2) is 10.1 Å². The van der Waals surface area contributed by atoms with E-state index in [2.05, 4.69) is 10.4 Å². The quantitative estimate of drug-likeness (QED) is 0.407. The summed E-state index contributed by atoms with van der Waals surface area (Å²) in [7, 11) is 1.33. The summed E-state index contributed by atoms with van der Waals surface area (Å²) in [4.78, 5) is 25.8. The number of methoxy groups -OCH3 is 1.